The van der Waals surface area contributed by atoms with Gasteiger partial charge in [0.25, 0.3) is 0 Å². The van der Waals surface area contributed by atoms with Crippen molar-refractivity contribution < 1.29 is 9.90 Å². The van der Waals surface area contributed by atoms with E-state index in [2.05, 4.69) is 19.8 Å². The van der Waals surface area contributed by atoms with Gasteiger partial charge in [-0.3, -0.25) is 4.79 Å². The Balaban J connectivity index is 1.72. The highest BCUT2D eigenvalue weighted by Gasteiger charge is 2.62. The molecule has 0 aliphatic heterocycles. The summed E-state index contributed by atoms with van der Waals surface area (Å²) in [6.45, 7) is 4.60. The molecule has 0 aromatic rings. The zero-order valence-electron chi connectivity index (χ0n) is 14.4. The number of terminal acetylenes is 1. The first-order valence-electron chi connectivity index (χ1n) is 9.32. The molecule has 2 heteroatoms. The molecule has 0 heterocycles. The fourth-order valence-electron chi connectivity index (χ4n) is 6.72. The van der Waals surface area contributed by atoms with E-state index in [-0.39, 0.29) is 5.41 Å². The molecule has 2 saturated carbocycles. The van der Waals surface area contributed by atoms with Crippen molar-refractivity contribution in [3.05, 3.63) is 11.1 Å². The van der Waals surface area contributed by atoms with Crippen molar-refractivity contribution in [1.29, 1.82) is 0 Å². The maximum atomic E-state index is 11.9. The average molecular weight is 312 g/mol. The van der Waals surface area contributed by atoms with Crippen LogP contribution in [0.3, 0.4) is 0 Å². The van der Waals surface area contributed by atoms with E-state index in [9.17, 15) is 9.90 Å². The van der Waals surface area contributed by atoms with E-state index < -0.39 is 5.60 Å². The van der Waals surface area contributed by atoms with Gasteiger partial charge in [-0.1, -0.05) is 30.9 Å². The zero-order chi connectivity index (χ0) is 16.4. The number of rotatable bonds is 0. The van der Waals surface area contributed by atoms with Gasteiger partial charge in [-0.15, -0.1) is 6.42 Å². The Labute approximate surface area is 139 Å². The first kappa shape index (κ1) is 15.5. The standard InChI is InChI=1S/C21H28O2/c1-4-21(23)10-8-18-19-13(2)11-14-12-15(22)5-6-16(14)17(19)7-9-20(18,21)3/h1,13,17-19,23H,5-12H2,2-3H3/t13?,17-,18+,19-,20+,21-/m1/s1. The number of allylic oxidation sites excluding steroid dienone is 2. The van der Waals surface area contributed by atoms with Gasteiger partial charge in [0.2, 0.25) is 0 Å². The van der Waals surface area contributed by atoms with Crippen molar-refractivity contribution in [1.82, 2.24) is 0 Å². The molecule has 1 N–H and O–H groups in total. The molecule has 0 aromatic carbocycles. The number of Topliss-reactive ketones (excluding diaryl/α,β-unsaturated/α-hetero) is 1. The van der Waals surface area contributed by atoms with Crippen molar-refractivity contribution >= 4 is 5.78 Å². The summed E-state index contributed by atoms with van der Waals surface area (Å²) in [5, 5.41) is 11.0. The second kappa shape index (κ2) is 4.96. The third-order valence-corrected chi connectivity index (χ3v) is 7.93. The lowest BCUT2D eigenvalue weighted by Gasteiger charge is -2.55. The molecule has 23 heavy (non-hydrogen) atoms. The van der Waals surface area contributed by atoms with Crippen molar-refractivity contribution in [2.75, 3.05) is 0 Å². The van der Waals surface area contributed by atoms with Crippen LogP contribution in [0.15, 0.2) is 11.1 Å². The summed E-state index contributed by atoms with van der Waals surface area (Å²) in [6.07, 6.45) is 13.2. The van der Waals surface area contributed by atoms with Gasteiger partial charge in [-0.05, 0) is 62.2 Å². The van der Waals surface area contributed by atoms with Crippen LogP contribution in [-0.4, -0.2) is 16.5 Å². The van der Waals surface area contributed by atoms with Crippen LogP contribution in [0.5, 0.6) is 0 Å². The van der Waals surface area contributed by atoms with Gasteiger partial charge in [0, 0.05) is 18.3 Å². The van der Waals surface area contributed by atoms with E-state index in [0.717, 1.165) is 44.9 Å². The Morgan fingerprint density at radius 2 is 2.04 bits per heavy atom. The summed E-state index contributed by atoms with van der Waals surface area (Å²) < 4.78 is 0. The SMILES string of the molecule is C#C[C@@]1(O)CC[C@H]2[C@@H]3C(C)CC4=C(CCC(=O)C4)[C@H]3CC[C@@]21C. The highest BCUT2D eigenvalue weighted by Crippen LogP contribution is 2.65. The molecule has 0 spiro atoms. The lowest BCUT2D eigenvalue weighted by molar-refractivity contribution is -0.119. The lowest BCUT2D eigenvalue weighted by atomic mass is 9.50. The topological polar surface area (TPSA) is 37.3 Å². The molecule has 4 aliphatic carbocycles. The highest BCUT2D eigenvalue weighted by atomic mass is 16.3. The minimum absolute atomic E-state index is 0.125. The van der Waals surface area contributed by atoms with Gasteiger partial charge in [-0.25, -0.2) is 0 Å². The first-order valence-corrected chi connectivity index (χ1v) is 9.32. The van der Waals surface area contributed by atoms with E-state index in [1.165, 1.54) is 5.57 Å². The Kier molecular flexibility index (Phi) is 3.34. The Bertz CT molecular complexity index is 624. The van der Waals surface area contributed by atoms with Crippen LogP contribution in [0.2, 0.25) is 0 Å². The van der Waals surface area contributed by atoms with Gasteiger partial charge in [0.15, 0.2) is 0 Å². The quantitative estimate of drug-likeness (QED) is 0.544. The molecule has 0 bridgehead atoms. The minimum atomic E-state index is -0.917. The van der Waals surface area contributed by atoms with Gasteiger partial charge >= 0.3 is 0 Å². The fraction of sp³-hybridized carbons (Fsp3) is 0.762. The molecule has 1 unspecified atom stereocenters. The van der Waals surface area contributed by atoms with Crippen LogP contribution in [0, 0.1) is 41.4 Å². The van der Waals surface area contributed by atoms with Crippen LogP contribution in [-0.2, 0) is 4.79 Å². The minimum Gasteiger partial charge on any atom is -0.377 e. The summed E-state index contributed by atoms with van der Waals surface area (Å²) in [5.41, 5.74) is 2.04. The van der Waals surface area contributed by atoms with Crippen molar-refractivity contribution in [2.24, 2.45) is 29.1 Å². The Morgan fingerprint density at radius 1 is 1.26 bits per heavy atom. The van der Waals surface area contributed by atoms with E-state index in [4.69, 9.17) is 6.42 Å². The summed E-state index contributed by atoms with van der Waals surface area (Å²) in [4.78, 5) is 11.9. The number of hydrogen-bond donors (Lipinski definition) is 1. The van der Waals surface area contributed by atoms with Crippen molar-refractivity contribution in [2.45, 2.75) is 70.8 Å². The second-order valence-corrected chi connectivity index (χ2v) is 8.82. The fourth-order valence-corrected chi connectivity index (χ4v) is 6.72. The predicted molar refractivity (Wildman–Crippen MR) is 90.5 cm³/mol. The molecule has 4 aliphatic rings. The van der Waals surface area contributed by atoms with E-state index in [1.54, 1.807) is 5.57 Å². The third-order valence-electron chi connectivity index (χ3n) is 7.93. The Hall–Kier alpha value is -1.07. The molecule has 2 fully saturated rings. The zero-order valence-corrected chi connectivity index (χ0v) is 14.4. The second-order valence-electron chi connectivity index (χ2n) is 8.82. The molecule has 0 radical (unpaired) electrons. The monoisotopic (exact) mass is 312 g/mol. The van der Waals surface area contributed by atoms with E-state index in [0.29, 0.717) is 35.9 Å². The van der Waals surface area contributed by atoms with Crippen LogP contribution < -0.4 is 0 Å². The smallest absolute Gasteiger partial charge is 0.137 e. The van der Waals surface area contributed by atoms with Crippen LogP contribution >= 0.6 is 0 Å². The molecule has 0 aromatic heterocycles. The summed E-state index contributed by atoms with van der Waals surface area (Å²) in [5.74, 6) is 5.60. The number of fused-ring (bicyclic) bond motifs is 4. The van der Waals surface area contributed by atoms with E-state index >= 15 is 0 Å². The number of hydrogen-bond acceptors (Lipinski definition) is 2. The van der Waals surface area contributed by atoms with E-state index in [1.807, 2.05) is 0 Å². The Morgan fingerprint density at radius 3 is 2.78 bits per heavy atom. The van der Waals surface area contributed by atoms with Crippen molar-refractivity contribution in [3.63, 3.8) is 0 Å². The van der Waals surface area contributed by atoms with Gasteiger partial charge in [0.05, 0.1) is 0 Å². The van der Waals surface area contributed by atoms with Crippen LogP contribution in [0.1, 0.15) is 65.2 Å². The number of aliphatic hydroxyl groups is 1. The van der Waals surface area contributed by atoms with Crippen LogP contribution in [0.25, 0.3) is 0 Å². The third kappa shape index (κ3) is 1.96. The summed E-state index contributed by atoms with van der Waals surface area (Å²) in [6, 6.07) is 0. The van der Waals surface area contributed by atoms with Gasteiger partial charge in [-0.2, -0.15) is 0 Å². The highest BCUT2D eigenvalue weighted by molar-refractivity contribution is 5.82. The maximum Gasteiger partial charge on any atom is 0.137 e. The lowest BCUT2D eigenvalue weighted by Crippen LogP contribution is -2.52. The molecule has 2 nitrogen and oxygen atoms in total. The number of carbonyl (C=O) groups is 1. The van der Waals surface area contributed by atoms with Crippen LogP contribution in [0.4, 0.5) is 0 Å². The normalized spacial score (nSPS) is 49.2. The molecular formula is C21H28O2. The molecule has 0 saturated heterocycles. The number of ketones is 1. The molecule has 4 rings (SSSR count). The summed E-state index contributed by atoms with van der Waals surface area (Å²) >= 11 is 0. The largest absolute Gasteiger partial charge is 0.377 e. The average Bonchev–Trinajstić information content (AvgIpc) is 2.79. The molecule has 6 atom stereocenters. The first-order chi connectivity index (χ1) is 10.9. The molecule has 124 valence electrons. The predicted octanol–water partition coefficient (Wildman–Crippen LogP) is 3.88. The summed E-state index contributed by atoms with van der Waals surface area (Å²) in [7, 11) is 0. The molecular weight excluding hydrogens is 284 g/mol. The van der Waals surface area contributed by atoms with Crippen molar-refractivity contribution in [3.8, 4) is 12.3 Å². The van der Waals surface area contributed by atoms with Gasteiger partial charge < -0.3 is 5.11 Å². The van der Waals surface area contributed by atoms with Gasteiger partial charge in [0.1, 0.15) is 11.4 Å². The number of carbonyl (C=O) groups excluding carboxylic acids is 1. The molecule has 0 amide bonds. The maximum absolute atomic E-state index is 11.9.